The molecule has 0 N–H and O–H groups in total. The molecule has 60 valence electrons. The van der Waals surface area contributed by atoms with E-state index < -0.39 is 0 Å². The van der Waals surface area contributed by atoms with Gasteiger partial charge in [-0.25, -0.2) is 4.39 Å². The zero-order chi connectivity index (χ0) is 8.27. The van der Waals surface area contributed by atoms with Crippen molar-refractivity contribution < 1.29 is 9.13 Å². The van der Waals surface area contributed by atoms with Crippen LogP contribution in [0.2, 0.25) is 0 Å². The van der Waals surface area contributed by atoms with Gasteiger partial charge in [0, 0.05) is 10.5 Å². The van der Waals surface area contributed by atoms with E-state index in [2.05, 4.69) is 22.6 Å². The number of hydrogen-bond acceptors (Lipinski definition) is 1. The van der Waals surface area contributed by atoms with Gasteiger partial charge in [0.05, 0.1) is 7.11 Å². The minimum Gasteiger partial charge on any atom is -0.497 e. The maximum Gasteiger partial charge on any atom is 0.130 e. The van der Waals surface area contributed by atoms with Crippen molar-refractivity contribution in [3.63, 3.8) is 0 Å². The van der Waals surface area contributed by atoms with Crippen molar-refractivity contribution in [2.45, 2.75) is 4.43 Å². The molecule has 3 heteroatoms. The fourth-order valence-corrected chi connectivity index (χ4v) is 1.38. The molecule has 0 aliphatic carbocycles. The summed E-state index contributed by atoms with van der Waals surface area (Å²) in [6.07, 6.45) is 0. The lowest BCUT2D eigenvalue weighted by molar-refractivity contribution is 0.411. The summed E-state index contributed by atoms with van der Waals surface area (Å²) in [5.74, 6) is 0.370. The van der Waals surface area contributed by atoms with Crippen molar-refractivity contribution in [3.8, 4) is 5.75 Å². The summed E-state index contributed by atoms with van der Waals surface area (Å²) in [5.41, 5.74) is 0.714. The molecule has 1 nitrogen and oxygen atoms in total. The van der Waals surface area contributed by atoms with Crippen LogP contribution in [0.15, 0.2) is 18.2 Å². The summed E-state index contributed by atoms with van der Waals surface area (Å²) < 4.78 is 18.5. The average Bonchev–Trinajstić information content (AvgIpc) is 2.04. The molecule has 0 bridgehead atoms. The summed E-state index contributed by atoms with van der Waals surface area (Å²) in [6, 6.07) is 4.89. The van der Waals surface area contributed by atoms with E-state index in [9.17, 15) is 4.39 Å². The van der Waals surface area contributed by atoms with E-state index in [1.54, 1.807) is 12.1 Å². The highest BCUT2D eigenvalue weighted by molar-refractivity contribution is 14.1. The largest absolute Gasteiger partial charge is 0.497 e. The number of ether oxygens (including phenoxy) is 1. The summed E-state index contributed by atoms with van der Waals surface area (Å²) in [6.45, 7) is 0. The van der Waals surface area contributed by atoms with Crippen LogP contribution in [0.5, 0.6) is 5.75 Å². The topological polar surface area (TPSA) is 9.23 Å². The average molecular weight is 266 g/mol. The van der Waals surface area contributed by atoms with E-state index in [0.717, 1.165) is 0 Å². The zero-order valence-corrected chi connectivity index (χ0v) is 8.26. The Kier molecular flexibility index (Phi) is 3.11. The molecule has 0 amide bonds. The highest BCUT2D eigenvalue weighted by atomic mass is 127. The van der Waals surface area contributed by atoms with E-state index in [4.69, 9.17) is 4.74 Å². The normalized spacial score (nSPS) is 9.73. The van der Waals surface area contributed by atoms with E-state index in [0.29, 0.717) is 15.7 Å². The maximum absolute atomic E-state index is 13.0. The fourth-order valence-electron chi connectivity index (χ4n) is 0.763. The Hall–Kier alpha value is -0.320. The van der Waals surface area contributed by atoms with Gasteiger partial charge in [-0.3, -0.25) is 0 Å². The first-order valence-corrected chi connectivity index (χ1v) is 4.69. The molecule has 1 aromatic rings. The van der Waals surface area contributed by atoms with Crippen molar-refractivity contribution >= 4 is 22.6 Å². The van der Waals surface area contributed by atoms with E-state index >= 15 is 0 Å². The Morgan fingerprint density at radius 2 is 2.27 bits per heavy atom. The van der Waals surface area contributed by atoms with Gasteiger partial charge < -0.3 is 4.74 Å². The van der Waals surface area contributed by atoms with E-state index in [1.165, 1.54) is 13.2 Å². The van der Waals surface area contributed by atoms with E-state index in [1.807, 2.05) is 0 Å². The molecule has 1 aromatic carbocycles. The molecule has 0 aliphatic heterocycles. The number of methoxy groups -OCH3 is 1. The van der Waals surface area contributed by atoms with Crippen LogP contribution in [-0.2, 0) is 4.43 Å². The van der Waals surface area contributed by atoms with Crippen LogP contribution in [0.3, 0.4) is 0 Å². The van der Waals surface area contributed by atoms with Crippen LogP contribution >= 0.6 is 22.6 Å². The highest BCUT2D eigenvalue weighted by Crippen LogP contribution is 2.17. The second kappa shape index (κ2) is 3.90. The monoisotopic (exact) mass is 266 g/mol. The van der Waals surface area contributed by atoms with Crippen molar-refractivity contribution in [1.29, 1.82) is 0 Å². The molecule has 11 heavy (non-hydrogen) atoms. The summed E-state index contributed by atoms with van der Waals surface area (Å²) in [7, 11) is 1.53. The second-order valence-electron chi connectivity index (χ2n) is 2.09. The van der Waals surface area contributed by atoms with E-state index in [-0.39, 0.29) is 5.82 Å². The van der Waals surface area contributed by atoms with Gasteiger partial charge in [0.1, 0.15) is 11.6 Å². The Morgan fingerprint density at radius 3 is 2.73 bits per heavy atom. The van der Waals surface area contributed by atoms with Gasteiger partial charge >= 0.3 is 0 Å². The first-order valence-electron chi connectivity index (χ1n) is 3.16. The Balaban J connectivity index is 2.99. The smallest absolute Gasteiger partial charge is 0.130 e. The lowest BCUT2D eigenvalue weighted by atomic mass is 10.2. The van der Waals surface area contributed by atoms with Gasteiger partial charge in [0.15, 0.2) is 0 Å². The lowest BCUT2D eigenvalue weighted by Crippen LogP contribution is -1.88. The molecule has 0 aliphatic rings. The minimum atomic E-state index is -0.196. The molecule has 0 radical (unpaired) electrons. The molecule has 0 aromatic heterocycles. The molecule has 0 unspecified atom stereocenters. The molecular formula is C8H8FIO. The van der Waals surface area contributed by atoms with Gasteiger partial charge in [0.25, 0.3) is 0 Å². The van der Waals surface area contributed by atoms with Gasteiger partial charge in [-0.2, -0.15) is 0 Å². The van der Waals surface area contributed by atoms with Gasteiger partial charge in [-0.15, -0.1) is 0 Å². The predicted octanol–water partition coefficient (Wildman–Crippen LogP) is 2.77. The summed E-state index contributed by atoms with van der Waals surface area (Å²) in [5, 5.41) is 0. The van der Waals surface area contributed by atoms with Gasteiger partial charge in [0.2, 0.25) is 0 Å². The maximum atomic E-state index is 13.0. The van der Waals surface area contributed by atoms with Crippen LogP contribution in [0.1, 0.15) is 5.56 Å². The molecular weight excluding hydrogens is 258 g/mol. The van der Waals surface area contributed by atoms with Gasteiger partial charge in [-0.05, 0) is 11.6 Å². The SMILES string of the molecule is COc1ccc(CI)c(F)c1. The second-order valence-corrected chi connectivity index (χ2v) is 2.85. The number of hydrogen-bond donors (Lipinski definition) is 0. The zero-order valence-electron chi connectivity index (χ0n) is 6.10. The molecule has 0 heterocycles. The molecule has 0 atom stereocenters. The minimum absolute atomic E-state index is 0.196. The Morgan fingerprint density at radius 1 is 1.55 bits per heavy atom. The fraction of sp³-hybridized carbons (Fsp3) is 0.250. The first kappa shape index (κ1) is 8.77. The lowest BCUT2D eigenvalue weighted by Gasteiger charge is -2.01. The quantitative estimate of drug-likeness (QED) is 0.590. The van der Waals surface area contributed by atoms with Crippen LogP contribution in [0.25, 0.3) is 0 Å². The number of benzene rings is 1. The number of rotatable bonds is 2. The number of halogens is 2. The Bertz CT molecular complexity index is 250. The molecule has 1 rings (SSSR count). The first-order chi connectivity index (χ1) is 5.27. The van der Waals surface area contributed by atoms with Crippen LogP contribution in [0, 0.1) is 5.82 Å². The third-order valence-electron chi connectivity index (χ3n) is 1.40. The third kappa shape index (κ3) is 2.05. The van der Waals surface area contributed by atoms with Crippen molar-refractivity contribution in [3.05, 3.63) is 29.6 Å². The summed E-state index contributed by atoms with van der Waals surface area (Å²) >= 11 is 2.12. The van der Waals surface area contributed by atoms with Crippen molar-refractivity contribution in [1.82, 2.24) is 0 Å². The molecule has 0 spiro atoms. The highest BCUT2D eigenvalue weighted by Gasteiger charge is 2.00. The van der Waals surface area contributed by atoms with Crippen molar-refractivity contribution in [2.75, 3.05) is 7.11 Å². The van der Waals surface area contributed by atoms with Gasteiger partial charge in [-0.1, -0.05) is 28.7 Å². The molecule has 0 saturated carbocycles. The van der Waals surface area contributed by atoms with Crippen LogP contribution in [0.4, 0.5) is 4.39 Å². The molecule has 0 fully saturated rings. The Labute approximate surface area is 78.7 Å². The predicted molar refractivity (Wildman–Crippen MR) is 50.7 cm³/mol. The summed E-state index contributed by atoms with van der Waals surface area (Å²) in [4.78, 5) is 0. The standard InChI is InChI=1S/C8H8FIO/c1-11-7-3-2-6(5-10)8(9)4-7/h2-4H,5H2,1H3. The van der Waals surface area contributed by atoms with Crippen LogP contribution < -0.4 is 4.74 Å². The number of alkyl halides is 1. The third-order valence-corrected chi connectivity index (χ3v) is 2.23. The molecule has 0 saturated heterocycles. The van der Waals surface area contributed by atoms with Crippen molar-refractivity contribution in [2.24, 2.45) is 0 Å². The van der Waals surface area contributed by atoms with Crippen LogP contribution in [-0.4, -0.2) is 7.11 Å².